The highest BCUT2D eigenvalue weighted by atomic mass is 28.3. The lowest BCUT2D eigenvalue weighted by Gasteiger charge is -2.23. The van der Waals surface area contributed by atoms with Crippen LogP contribution in [0.3, 0.4) is 0 Å². The minimum atomic E-state index is -1.44. The van der Waals surface area contributed by atoms with E-state index in [-0.39, 0.29) is 0 Å². The highest BCUT2D eigenvalue weighted by molar-refractivity contribution is 6.88. The maximum atomic E-state index is 4.35. The maximum Gasteiger partial charge on any atom is 0.0977 e. The van der Waals surface area contributed by atoms with Crippen molar-refractivity contribution in [1.82, 2.24) is 0 Å². The lowest BCUT2D eigenvalue weighted by Crippen LogP contribution is -2.52. The first-order valence-corrected chi connectivity index (χ1v) is 19.0. The van der Waals surface area contributed by atoms with Crippen LogP contribution in [0.1, 0.15) is 16.7 Å². The molecule has 0 nitrogen and oxygen atoms in total. The van der Waals surface area contributed by atoms with Crippen molar-refractivity contribution in [2.24, 2.45) is 0 Å². The van der Waals surface area contributed by atoms with E-state index < -0.39 is 26.4 Å². The smallest absolute Gasteiger partial charge is 0.0977 e. The molecule has 4 aromatic rings. The number of benzene rings is 4. The fourth-order valence-electron chi connectivity index (χ4n) is 5.06. The van der Waals surface area contributed by atoms with Crippen molar-refractivity contribution in [3.05, 3.63) is 163 Å². The molecule has 0 heterocycles. The van der Waals surface area contributed by atoms with Crippen molar-refractivity contribution < 1.29 is 0 Å². The van der Waals surface area contributed by atoms with Crippen LogP contribution in [0.2, 0.25) is 0 Å². The van der Waals surface area contributed by atoms with E-state index in [0.717, 1.165) is 18.1 Å². The van der Waals surface area contributed by atoms with Crippen LogP contribution in [-0.2, 0) is 18.1 Å². The first kappa shape index (κ1) is 25.8. The lowest BCUT2D eigenvalue weighted by atomic mass is 10.2. The maximum absolute atomic E-state index is 4.35. The Morgan fingerprint density at radius 2 is 0.833 bits per heavy atom. The molecule has 3 unspecified atom stereocenters. The Bertz CT molecular complexity index is 1270. The molecule has 4 aromatic carbocycles. The summed E-state index contributed by atoms with van der Waals surface area (Å²) in [5, 5.41) is 4.63. The van der Waals surface area contributed by atoms with Crippen molar-refractivity contribution >= 4 is 42.0 Å². The summed E-state index contributed by atoms with van der Waals surface area (Å²) in [6.07, 6.45) is 0. The van der Waals surface area contributed by atoms with E-state index in [0.29, 0.717) is 0 Å². The van der Waals surface area contributed by atoms with Crippen LogP contribution in [-0.4, -0.2) is 26.4 Å². The molecular formula is C33H36Si3. The van der Waals surface area contributed by atoms with Crippen molar-refractivity contribution in [2.45, 2.75) is 18.1 Å². The highest BCUT2D eigenvalue weighted by Gasteiger charge is 2.23. The average Bonchev–Trinajstić information content (AvgIpc) is 2.95. The molecule has 0 aliphatic heterocycles. The quantitative estimate of drug-likeness (QED) is 0.243. The number of rotatable bonds is 12. The third-order valence-corrected chi connectivity index (χ3v) is 15.7. The largest absolute Gasteiger partial charge is 0.107 e. The van der Waals surface area contributed by atoms with Gasteiger partial charge in [-0.15, -0.1) is 19.7 Å². The van der Waals surface area contributed by atoms with Gasteiger partial charge in [0.1, 0.15) is 0 Å². The van der Waals surface area contributed by atoms with Gasteiger partial charge in [-0.1, -0.05) is 159 Å². The predicted octanol–water partition coefficient (Wildman–Crippen LogP) is 4.51. The minimum absolute atomic E-state index is 1.10. The highest BCUT2D eigenvalue weighted by Crippen LogP contribution is 2.08. The minimum Gasteiger partial charge on any atom is -0.107 e. The van der Waals surface area contributed by atoms with Crippen LogP contribution >= 0.6 is 0 Å². The molecular weight excluding hydrogens is 481 g/mol. The summed E-state index contributed by atoms with van der Waals surface area (Å²) in [7, 11) is -4.20. The summed E-state index contributed by atoms with van der Waals surface area (Å²) in [5.41, 5.74) is 11.0. The zero-order chi connectivity index (χ0) is 25.2. The fraction of sp³-hybridized carbons (Fsp3) is 0.0909. The zero-order valence-electron chi connectivity index (χ0n) is 21.1. The molecule has 0 radical (unpaired) electrons. The van der Waals surface area contributed by atoms with Gasteiger partial charge >= 0.3 is 0 Å². The van der Waals surface area contributed by atoms with E-state index in [1.165, 1.54) is 21.9 Å². The zero-order valence-corrected chi connectivity index (χ0v) is 24.6. The van der Waals surface area contributed by atoms with E-state index in [4.69, 9.17) is 0 Å². The molecule has 4 rings (SSSR count). The first-order chi connectivity index (χ1) is 17.7. The number of hydrogen-bond donors (Lipinski definition) is 0. The van der Waals surface area contributed by atoms with E-state index in [9.17, 15) is 0 Å². The number of hydrogen-bond acceptors (Lipinski definition) is 0. The molecule has 0 spiro atoms. The molecule has 0 aliphatic rings. The summed E-state index contributed by atoms with van der Waals surface area (Å²) in [6.45, 7) is 12.9. The van der Waals surface area contributed by atoms with Crippen molar-refractivity contribution in [2.75, 3.05) is 0 Å². The Hall–Kier alpha value is -3.25. The van der Waals surface area contributed by atoms with E-state index >= 15 is 0 Å². The SMILES string of the molecule is C=C[SiH](Cc1ccccc1)c1ccc([SiH](C=C)Cc2ccccc2)c([SiH](C=C)Cc2ccccc2)c1. The normalized spacial score (nSPS) is 13.3. The van der Waals surface area contributed by atoms with Gasteiger partial charge in [-0.2, -0.15) is 0 Å². The second-order valence-corrected chi connectivity index (χ2v) is 17.7. The predicted molar refractivity (Wildman–Crippen MR) is 168 cm³/mol. The third kappa shape index (κ3) is 6.70. The first-order valence-electron chi connectivity index (χ1n) is 12.8. The Labute approximate surface area is 222 Å². The van der Waals surface area contributed by atoms with Crippen LogP contribution in [0.4, 0.5) is 0 Å². The molecule has 0 amide bonds. The van der Waals surface area contributed by atoms with Crippen molar-refractivity contribution in [1.29, 1.82) is 0 Å². The Kier molecular flexibility index (Phi) is 9.45. The molecule has 36 heavy (non-hydrogen) atoms. The van der Waals surface area contributed by atoms with Gasteiger partial charge in [0.25, 0.3) is 0 Å². The van der Waals surface area contributed by atoms with Crippen LogP contribution < -0.4 is 15.6 Å². The van der Waals surface area contributed by atoms with E-state index in [1.807, 2.05) is 0 Å². The molecule has 180 valence electrons. The van der Waals surface area contributed by atoms with Gasteiger partial charge in [0.05, 0.1) is 26.4 Å². The Morgan fingerprint density at radius 3 is 1.25 bits per heavy atom. The molecule has 0 saturated carbocycles. The van der Waals surface area contributed by atoms with E-state index in [2.05, 4.69) is 146 Å². The molecule has 0 aromatic heterocycles. The van der Waals surface area contributed by atoms with Gasteiger partial charge < -0.3 is 0 Å². The molecule has 0 aliphatic carbocycles. The standard InChI is InChI=1S/C33H36Si3/c1-4-34(25-28-16-10-7-11-17-28)31-22-23-32(35(5-2)26-29-18-12-8-13-19-29)33(24-31)36(6-3)27-30-20-14-9-15-21-30/h4-24,34-36H,1-3,25-27H2. The van der Waals surface area contributed by atoms with Crippen LogP contribution in [0.25, 0.3) is 0 Å². The Balaban J connectivity index is 1.74. The summed E-state index contributed by atoms with van der Waals surface area (Å²) in [6, 6.07) is 43.4. The molecule has 0 saturated heterocycles. The second-order valence-electron chi connectivity index (χ2n) is 9.48. The molecule has 0 fully saturated rings. The molecule has 3 atom stereocenters. The van der Waals surface area contributed by atoms with Crippen LogP contribution in [0, 0.1) is 0 Å². The van der Waals surface area contributed by atoms with Gasteiger partial charge in [-0.25, -0.2) is 0 Å². The van der Waals surface area contributed by atoms with Crippen molar-refractivity contribution in [3.8, 4) is 0 Å². The van der Waals surface area contributed by atoms with Crippen LogP contribution in [0.15, 0.2) is 146 Å². The van der Waals surface area contributed by atoms with Gasteiger partial charge in [0, 0.05) is 0 Å². The molecule has 0 N–H and O–H groups in total. The fourth-order valence-corrected chi connectivity index (χ4v) is 13.4. The molecule has 0 bridgehead atoms. The van der Waals surface area contributed by atoms with Gasteiger partial charge in [0.15, 0.2) is 0 Å². The second kappa shape index (κ2) is 13.2. The van der Waals surface area contributed by atoms with Gasteiger partial charge in [-0.05, 0) is 18.1 Å². The van der Waals surface area contributed by atoms with E-state index in [1.54, 1.807) is 10.4 Å². The summed E-state index contributed by atoms with van der Waals surface area (Å²) >= 11 is 0. The monoisotopic (exact) mass is 516 g/mol. The van der Waals surface area contributed by atoms with Gasteiger partial charge in [0.2, 0.25) is 0 Å². The summed E-state index contributed by atoms with van der Waals surface area (Å²) in [5.74, 6) is 0. The summed E-state index contributed by atoms with van der Waals surface area (Å²) < 4.78 is 0. The topological polar surface area (TPSA) is 0 Å². The average molecular weight is 517 g/mol. The van der Waals surface area contributed by atoms with Gasteiger partial charge in [-0.3, -0.25) is 0 Å². The lowest BCUT2D eigenvalue weighted by molar-refractivity contribution is 1.36. The summed E-state index contributed by atoms with van der Waals surface area (Å²) in [4.78, 5) is 0. The van der Waals surface area contributed by atoms with Crippen molar-refractivity contribution in [3.63, 3.8) is 0 Å². The Morgan fingerprint density at radius 1 is 0.444 bits per heavy atom. The molecule has 3 heteroatoms. The third-order valence-electron chi connectivity index (χ3n) is 7.09. The van der Waals surface area contributed by atoms with Crippen LogP contribution in [0.5, 0.6) is 0 Å².